The minimum atomic E-state index is 0.415. The molecule has 0 radical (unpaired) electrons. The van der Waals surface area contributed by atoms with Gasteiger partial charge < -0.3 is 10.2 Å². The number of rotatable bonds is 5. The fraction of sp³-hybridized carbons (Fsp3) is 0.667. The van der Waals surface area contributed by atoms with Crippen LogP contribution in [0.15, 0.2) is 18.2 Å². The lowest BCUT2D eigenvalue weighted by atomic mass is 9.98. The Balaban J connectivity index is 2.08. The van der Waals surface area contributed by atoms with Crippen molar-refractivity contribution in [2.45, 2.75) is 32.9 Å². The first-order chi connectivity index (χ1) is 9.92. The standard InChI is InChI=1S/C18H31N3/c1-13-7-8-14(2)16(9-13)17(19-4)11-21-10-15(3)18(12-21)20(5)6/h7-9,15,17-19H,10-12H2,1-6H3. The molecule has 21 heavy (non-hydrogen) atoms. The van der Waals surface area contributed by atoms with Gasteiger partial charge in [-0.25, -0.2) is 0 Å². The summed E-state index contributed by atoms with van der Waals surface area (Å²) in [5.41, 5.74) is 4.17. The van der Waals surface area contributed by atoms with Gasteiger partial charge in [0.2, 0.25) is 0 Å². The average molecular weight is 289 g/mol. The van der Waals surface area contributed by atoms with E-state index in [9.17, 15) is 0 Å². The van der Waals surface area contributed by atoms with Crippen LogP contribution in [-0.2, 0) is 0 Å². The van der Waals surface area contributed by atoms with Crippen molar-refractivity contribution >= 4 is 0 Å². The molecule has 1 N–H and O–H groups in total. The van der Waals surface area contributed by atoms with Crippen LogP contribution >= 0.6 is 0 Å². The SMILES string of the molecule is CNC(CN1CC(C)C(N(C)C)C1)c1cc(C)ccc1C. The molecule has 0 aromatic heterocycles. The molecule has 2 rings (SSSR count). The quantitative estimate of drug-likeness (QED) is 0.898. The Morgan fingerprint density at radius 1 is 1.29 bits per heavy atom. The van der Waals surface area contributed by atoms with E-state index in [0.29, 0.717) is 12.1 Å². The Kier molecular flexibility index (Phi) is 5.42. The van der Waals surface area contributed by atoms with E-state index < -0.39 is 0 Å². The summed E-state index contributed by atoms with van der Waals surface area (Å²) in [5.74, 6) is 0.746. The van der Waals surface area contributed by atoms with Crippen molar-refractivity contribution in [3.63, 3.8) is 0 Å². The first-order valence-corrected chi connectivity index (χ1v) is 8.05. The zero-order chi connectivity index (χ0) is 15.6. The molecular formula is C18H31N3. The van der Waals surface area contributed by atoms with Crippen LogP contribution < -0.4 is 5.32 Å². The van der Waals surface area contributed by atoms with Crippen molar-refractivity contribution in [1.29, 1.82) is 0 Å². The molecular weight excluding hydrogens is 258 g/mol. The molecule has 0 spiro atoms. The van der Waals surface area contributed by atoms with Crippen molar-refractivity contribution in [3.8, 4) is 0 Å². The number of likely N-dealkylation sites (N-methyl/N-ethyl adjacent to an activating group) is 2. The number of aryl methyl sites for hydroxylation is 2. The zero-order valence-electron chi connectivity index (χ0n) is 14.5. The Hall–Kier alpha value is -0.900. The lowest BCUT2D eigenvalue weighted by molar-refractivity contribution is 0.244. The normalized spacial score (nSPS) is 24.7. The topological polar surface area (TPSA) is 18.5 Å². The van der Waals surface area contributed by atoms with Crippen LogP contribution in [0.5, 0.6) is 0 Å². The van der Waals surface area contributed by atoms with Crippen LogP contribution in [-0.4, -0.2) is 56.6 Å². The van der Waals surface area contributed by atoms with Crippen LogP contribution in [0.3, 0.4) is 0 Å². The van der Waals surface area contributed by atoms with Gasteiger partial charge in [0.25, 0.3) is 0 Å². The van der Waals surface area contributed by atoms with Crippen LogP contribution in [0.25, 0.3) is 0 Å². The van der Waals surface area contributed by atoms with Crippen molar-refractivity contribution < 1.29 is 0 Å². The largest absolute Gasteiger partial charge is 0.312 e. The molecule has 0 bridgehead atoms. The second-order valence-corrected chi connectivity index (χ2v) is 6.93. The Bertz CT molecular complexity index is 470. The van der Waals surface area contributed by atoms with Crippen LogP contribution in [0.1, 0.15) is 29.7 Å². The van der Waals surface area contributed by atoms with E-state index in [0.717, 1.165) is 12.5 Å². The molecule has 1 aliphatic heterocycles. The van der Waals surface area contributed by atoms with E-state index in [1.807, 2.05) is 0 Å². The molecule has 1 aromatic rings. The lowest BCUT2D eigenvalue weighted by Gasteiger charge is -2.26. The first-order valence-electron chi connectivity index (χ1n) is 8.05. The second kappa shape index (κ2) is 6.91. The maximum Gasteiger partial charge on any atom is 0.0449 e. The molecule has 1 saturated heterocycles. The summed E-state index contributed by atoms with van der Waals surface area (Å²) in [6.45, 7) is 10.2. The number of hydrogen-bond acceptors (Lipinski definition) is 3. The van der Waals surface area contributed by atoms with Gasteiger partial charge in [0.15, 0.2) is 0 Å². The van der Waals surface area contributed by atoms with Gasteiger partial charge in [-0.15, -0.1) is 0 Å². The summed E-state index contributed by atoms with van der Waals surface area (Å²) in [5, 5.41) is 3.52. The highest BCUT2D eigenvalue weighted by Gasteiger charge is 2.32. The zero-order valence-corrected chi connectivity index (χ0v) is 14.5. The van der Waals surface area contributed by atoms with E-state index in [4.69, 9.17) is 0 Å². The van der Waals surface area contributed by atoms with Crippen LogP contribution in [0, 0.1) is 19.8 Å². The maximum atomic E-state index is 3.52. The molecule has 3 nitrogen and oxygen atoms in total. The number of likely N-dealkylation sites (tertiary alicyclic amines) is 1. The van der Waals surface area contributed by atoms with Gasteiger partial charge in [-0.2, -0.15) is 0 Å². The highest BCUT2D eigenvalue weighted by atomic mass is 15.2. The molecule has 0 saturated carbocycles. The molecule has 1 fully saturated rings. The maximum absolute atomic E-state index is 3.52. The van der Waals surface area contributed by atoms with Gasteiger partial charge >= 0.3 is 0 Å². The molecule has 0 aliphatic carbocycles. The minimum absolute atomic E-state index is 0.415. The number of nitrogens with zero attached hydrogens (tertiary/aromatic N) is 2. The van der Waals surface area contributed by atoms with E-state index in [1.54, 1.807) is 0 Å². The fourth-order valence-corrected chi connectivity index (χ4v) is 3.61. The third-order valence-electron chi connectivity index (χ3n) is 4.91. The summed E-state index contributed by atoms with van der Waals surface area (Å²) in [4.78, 5) is 4.98. The molecule has 118 valence electrons. The number of nitrogens with one attached hydrogen (secondary N) is 1. The summed E-state index contributed by atoms with van der Waals surface area (Å²) < 4.78 is 0. The van der Waals surface area contributed by atoms with E-state index in [-0.39, 0.29) is 0 Å². The van der Waals surface area contributed by atoms with Gasteiger partial charge in [-0.3, -0.25) is 4.90 Å². The fourth-order valence-electron chi connectivity index (χ4n) is 3.61. The predicted octanol–water partition coefficient (Wildman–Crippen LogP) is 2.45. The Labute approximate surface area is 130 Å². The number of benzene rings is 1. The van der Waals surface area contributed by atoms with Crippen molar-refractivity contribution in [2.75, 3.05) is 40.8 Å². The number of hydrogen-bond donors (Lipinski definition) is 1. The van der Waals surface area contributed by atoms with Crippen molar-refractivity contribution in [3.05, 3.63) is 34.9 Å². The minimum Gasteiger partial charge on any atom is -0.312 e. The van der Waals surface area contributed by atoms with E-state index >= 15 is 0 Å². The third kappa shape index (κ3) is 3.85. The monoisotopic (exact) mass is 289 g/mol. The molecule has 3 atom stereocenters. The highest BCUT2D eigenvalue weighted by molar-refractivity contribution is 5.33. The summed E-state index contributed by atoms with van der Waals surface area (Å²) in [6.07, 6.45) is 0. The van der Waals surface area contributed by atoms with Gasteiger partial charge in [0.1, 0.15) is 0 Å². The first kappa shape index (κ1) is 16.5. The van der Waals surface area contributed by atoms with Crippen LogP contribution in [0.4, 0.5) is 0 Å². The van der Waals surface area contributed by atoms with E-state index in [1.165, 1.54) is 29.8 Å². The van der Waals surface area contributed by atoms with Crippen LogP contribution in [0.2, 0.25) is 0 Å². The van der Waals surface area contributed by atoms with Crippen molar-refractivity contribution in [1.82, 2.24) is 15.1 Å². The van der Waals surface area contributed by atoms with Gasteiger partial charge in [0.05, 0.1) is 0 Å². The van der Waals surface area contributed by atoms with Crippen molar-refractivity contribution in [2.24, 2.45) is 5.92 Å². The summed E-state index contributed by atoms with van der Waals surface area (Å²) >= 11 is 0. The molecule has 1 aromatic carbocycles. The Morgan fingerprint density at radius 2 is 2.00 bits per heavy atom. The predicted molar refractivity (Wildman–Crippen MR) is 90.8 cm³/mol. The molecule has 0 amide bonds. The second-order valence-electron chi connectivity index (χ2n) is 6.93. The lowest BCUT2D eigenvalue weighted by Crippen LogP contribution is -2.36. The average Bonchev–Trinajstić information content (AvgIpc) is 2.80. The summed E-state index contributed by atoms with van der Waals surface area (Å²) in [7, 11) is 6.48. The molecule has 3 heteroatoms. The molecule has 1 aliphatic rings. The van der Waals surface area contributed by atoms with Gasteiger partial charge in [-0.05, 0) is 52.0 Å². The highest BCUT2D eigenvalue weighted by Crippen LogP contribution is 2.25. The molecule has 3 unspecified atom stereocenters. The Morgan fingerprint density at radius 3 is 2.57 bits per heavy atom. The molecule has 1 heterocycles. The third-order valence-corrected chi connectivity index (χ3v) is 4.91. The van der Waals surface area contributed by atoms with Gasteiger partial charge in [-0.1, -0.05) is 30.7 Å². The summed E-state index contributed by atoms with van der Waals surface area (Å²) in [6, 6.07) is 7.87. The van der Waals surface area contributed by atoms with Gasteiger partial charge in [0, 0.05) is 31.7 Å². The van der Waals surface area contributed by atoms with E-state index in [2.05, 4.69) is 75.2 Å². The smallest absolute Gasteiger partial charge is 0.0449 e.